The van der Waals surface area contributed by atoms with E-state index in [2.05, 4.69) is 130 Å². The van der Waals surface area contributed by atoms with Gasteiger partial charge in [0.15, 0.2) is 0 Å². The fourth-order valence-electron chi connectivity index (χ4n) is 7.18. The molecule has 0 saturated heterocycles. The number of para-hydroxylation sites is 3. The summed E-state index contributed by atoms with van der Waals surface area (Å²) in [5.74, 6) is 0. The maximum atomic E-state index is 6.35. The van der Waals surface area contributed by atoms with Crippen LogP contribution in [0.2, 0.25) is 0 Å². The lowest BCUT2D eigenvalue weighted by Gasteiger charge is -2.10. The van der Waals surface area contributed by atoms with Gasteiger partial charge in [-0.05, 0) is 42.0 Å². The molecule has 3 nitrogen and oxygen atoms in total. The van der Waals surface area contributed by atoms with Crippen molar-refractivity contribution in [2.45, 2.75) is 0 Å². The highest BCUT2D eigenvalue weighted by molar-refractivity contribution is 6.30. The Labute approximate surface area is 234 Å². The Bertz CT molecular complexity index is 2630. The van der Waals surface area contributed by atoms with Crippen LogP contribution in [0, 0.1) is 0 Å². The Hall–Kier alpha value is -5.54. The molecule has 3 heteroatoms. The number of hydrogen-bond acceptors (Lipinski definition) is 1. The molecule has 10 aromatic rings. The summed E-state index contributed by atoms with van der Waals surface area (Å²) < 4.78 is 11.2. The van der Waals surface area contributed by atoms with E-state index < -0.39 is 0 Å². The predicted molar refractivity (Wildman–Crippen MR) is 171 cm³/mol. The largest absolute Gasteiger partial charge is 0.455 e. The summed E-state index contributed by atoms with van der Waals surface area (Å²) in [5.41, 5.74) is 11.5. The highest BCUT2D eigenvalue weighted by Gasteiger charge is 2.23. The van der Waals surface area contributed by atoms with Crippen molar-refractivity contribution < 1.29 is 4.42 Å². The number of nitrogens with zero attached hydrogens (tertiary/aromatic N) is 2. The Balaban J connectivity index is 1.25. The second-order valence-electron chi connectivity index (χ2n) is 10.9. The van der Waals surface area contributed by atoms with Gasteiger partial charge in [-0.15, -0.1) is 0 Å². The molecule has 5 heterocycles. The van der Waals surface area contributed by atoms with E-state index in [1.165, 1.54) is 49.1 Å². The van der Waals surface area contributed by atoms with Crippen molar-refractivity contribution in [3.8, 4) is 16.8 Å². The number of hydrogen-bond donors (Lipinski definition) is 0. The molecule has 190 valence electrons. The quantitative estimate of drug-likeness (QED) is 0.221. The van der Waals surface area contributed by atoms with Gasteiger partial charge in [0.1, 0.15) is 11.2 Å². The van der Waals surface area contributed by atoms with E-state index in [1.807, 2.05) is 12.1 Å². The molecule has 0 atom stereocenters. The van der Waals surface area contributed by atoms with Crippen molar-refractivity contribution in [1.82, 2.24) is 8.97 Å². The van der Waals surface area contributed by atoms with E-state index in [4.69, 9.17) is 4.42 Å². The molecule has 0 aliphatic carbocycles. The lowest BCUT2D eigenvalue weighted by molar-refractivity contribution is 0.670. The van der Waals surface area contributed by atoms with Crippen LogP contribution in [0.3, 0.4) is 0 Å². The SMILES string of the molecule is c1ccc2c(c1)oc1c(-c3ccc(-n4c5ccccc5c5c4c4cccc6c7ccccc7c5n64)cc3)cccc12. The van der Waals surface area contributed by atoms with Crippen LogP contribution in [-0.4, -0.2) is 8.97 Å². The van der Waals surface area contributed by atoms with Gasteiger partial charge in [0.05, 0.1) is 27.6 Å². The van der Waals surface area contributed by atoms with Gasteiger partial charge in [-0.2, -0.15) is 0 Å². The Morgan fingerprint density at radius 1 is 0.439 bits per heavy atom. The highest BCUT2D eigenvalue weighted by Crippen LogP contribution is 2.44. The first-order chi connectivity index (χ1) is 20.4. The predicted octanol–water partition coefficient (Wildman–Crippen LogP) is 10.3. The van der Waals surface area contributed by atoms with Crippen LogP contribution in [0.1, 0.15) is 0 Å². The van der Waals surface area contributed by atoms with Gasteiger partial charge >= 0.3 is 0 Å². The standard InChI is InChI=1S/C38H22N2O/c1-2-11-28-26(9-1)31-16-8-17-33-37-35(36(28)40(31)33)30-12-3-5-15-32(30)39(37)24-21-19-23(20-22-24)25-13-7-14-29-27-10-4-6-18-34(27)41-38(25)29/h1-22H. The molecule has 0 bridgehead atoms. The molecule has 0 unspecified atom stereocenters. The molecule has 0 radical (unpaired) electrons. The van der Waals surface area contributed by atoms with E-state index in [-0.39, 0.29) is 0 Å². The molecule has 0 aliphatic heterocycles. The van der Waals surface area contributed by atoms with Crippen molar-refractivity contribution in [2.75, 3.05) is 0 Å². The first kappa shape index (κ1) is 21.3. The normalized spacial score (nSPS) is 12.4. The first-order valence-corrected chi connectivity index (χ1v) is 14.0. The van der Waals surface area contributed by atoms with Crippen molar-refractivity contribution in [2.24, 2.45) is 0 Å². The molecule has 41 heavy (non-hydrogen) atoms. The zero-order valence-electron chi connectivity index (χ0n) is 22.0. The number of rotatable bonds is 2. The average Bonchev–Trinajstić information content (AvgIpc) is 3.76. The van der Waals surface area contributed by atoms with Crippen molar-refractivity contribution in [3.63, 3.8) is 0 Å². The molecule has 5 aromatic carbocycles. The molecule has 5 aromatic heterocycles. The van der Waals surface area contributed by atoms with Crippen LogP contribution >= 0.6 is 0 Å². The molecule has 0 saturated carbocycles. The number of benzene rings is 5. The molecule has 0 amide bonds. The molecule has 0 fully saturated rings. The topological polar surface area (TPSA) is 22.5 Å². The first-order valence-electron chi connectivity index (χ1n) is 14.0. The molecule has 0 aliphatic rings. The van der Waals surface area contributed by atoms with Crippen LogP contribution in [-0.2, 0) is 0 Å². The van der Waals surface area contributed by atoms with E-state index in [9.17, 15) is 0 Å². The maximum Gasteiger partial charge on any atom is 0.143 e. The number of furan rings is 1. The molecule has 0 N–H and O–H groups in total. The number of aromatic nitrogens is 2. The number of fused-ring (bicyclic) bond motifs is 11. The molecule has 0 spiro atoms. The van der Waals surface area contributed by atoms with Crippen molar-refractivity contribution in [1.29, 1.82) is 0 Å². The van der Waals surface area contributed by atoms with E-state index in [0.29, 0.717) is 0 Å². The van der Waals surface area contributed by atoms with Crippen molar-refractivity contribution >= 4 is 71.1 Å². The van der Waals surface area contributed by atoms with Gasteiger partial charge in [0.2, 0.25) is 0 Å². The second kappa shape index (κ2) is 7.56. The van der Waals surface area contributed by atoms with Crippen LogP contribution in [0.15, 0.2) is 138 Å². The fourth-order valence-corrected chi connectivity index (χ4v) is 7.18. The number of pyridine rings is 1. The lowest BCUT2D eigenvalue weighted by Crippen LogP contribution is -1.94. The zero-order valence-corrected chi connectivity index (χ0v) is 22.0. The summed E-state index contributed by atoms with van der Waals surface area (Å²) in [7, 11) is 0. The van der Waals surface area contributed by atoms with E-state index in [0.717, 1.165) is 38.8 Å². The third-order valence-electron chi connectivity index (χ3n) is 8.87. The second-order valence-corrected chi connectivity index (χ2v) is 10.9. The Kier molecular flexibility index (Phi) is 3.93. The molecule has 10 rings (SSSR count). The van der Waals surface area contributed by atoms with E-state index in [1.54, 1.807) is 0 Å². The minimum atomic E-state index is 0.923. The maximum absolute atomic E-state index is 6.35. The minimum absolute atomic E-state index is 0.923. The molecular formula is C38H22N2O. The van der Waals surface area contributed by atoms with Crippen LogP contribution in [0.5, 0.6) is 0 Å². The van der Waals surface area contributed by atoms with Gasteiger partial charge in [0.25, 0.3) is 0 Å². The summed E-state index contributed by atoms with van der Waals surface area (Å²) in [6.45, 7) is 0. The van der Waals surface area contributed by atoms with Crippen LogP contribution in [0.25, 0.3) is 87.9 Å². The summed E-state index contributed by atoms with van der Waals surface area (Å²) in [6.07, 6.45) is 0. The van der Waals surface area contributed by atoms with Crippen LogP contribution < -0.4 is 0 Å². The van der Waals surface area contributed by atoms with Gasteiger partial charge < -0.3 is 13.4 Å². The van der Waals surface area contributed by atoms with Crippen LogP contribution in [0.4, 0.5) is 0 Å². The fraction of sp³-hybridized carbons (Fsp3) is 0. The van der Waals surface area contributed by atoms with Gasteiger partial charge in [-0.25, -0.2) is 0 Å². The van der Waals surface area contributed by atoms with Gasteiger partial charge in [-0.1, -0.05) is 97.1 Å². The summed E-state index contributed by atoms with van der Waals surface area (Å²) in [4.78, 5) is 0. The Morgan fingerprint density at radius 3 is 1.98 bits per heavy atom. The monoisotopic (exact) mass is 522 g/mol. The average molecular weight is 523 g/mol. The van der Waals surface area contributed by atoms with Gasteiger partial charge in [0, 0.05) is 43.6 Å². The third kappa shape index (κ3) is 2.63. The summed E-state index contributed by atoms with van der Waals surface area (Å²) in [6, 6.07) is 47.9. The lowest BCUT2D eigenvalue weighted by atomic mass is 10.0. The highest BCUT2D eigenvalue weighted by atomic mass is 16.3. The van der Waals surface area contributed by atoms with Crippen molar-refractivity contribution in [3.05, 3.63) is 133 Å². The van der Waals surface area contributed by atoms with E-state index >= 15 is 0 Å². The minimum Gasteiger partial charge on any atom is -0.455 e. The third-order valence-corrected chi connectivity index (χ3v) is 8.87. The molecular weight excluding hydrogens is 500 g/mol. The van der Waals surface area contributed by atoms with Gasteiger partial charge in [-0.3, -0.25) is 0 Å². The zero-order chi connectivity index (χ0) is 26.7. The smallest absolute Gasteiger partial charge is 0.143 e. The summed E-state index contributed by atoms with van der Waals surface area (Å²) >= 11 is 0. The Morgan fingerprint density at radius 2 is 1.10 bits per heavy atom. The summed E-state index contributed by atoms with van der Waals surface area (Å²) in [5, 5.41) is 7.50.